The molecule has 0 aliphatic rings. The van der Waals surface area contributed by atoms with Crippen LogP contribution in [0.2, 0.25) is 0 Å². The lowest BCUT2D eigenvalue weighted by molar-refractivity contribution is -0.137. The summed E-state index contributed by atoms with van der Waals surface area (Å²) < 4.78 is 53.0. The van der Waals surface area contributed by atoms with E-state index in [1.807, 2.05) is 17.8 Å². The maximum Gasteiger partial charge on any atom is 0.416 e. The molecule has 34 heavy (non-hydrogen) atoms. The normalized spacial score (nSPS) is 11.3. The molecule has 1 N–H and O–H groups in total. The number of carbonyl (C=O) groups excluding carboxylic acids is 1. The number of carbonyl (C=O) groups is 1. The highest BCUT2D eigenvalue weighted by molar-refractivity contribution is 6.04. The molecule has 0 saturated heterocycles. The van der Waals surface area contributed by atoms with Crippen LogP contribution in [0.3, 0.4) is 0 Å². The van der Waals surface area contributed by atoms with Crippen LogP contribution >= 0.6 is 0 Å². The molecule has 2 aromatic heterocycles. The number of methoxy groups -OCH3 is 1. The van der Waals surface area contributed by atoms with Crippen molar-refractivity contribution >= 4 is 11.6 Å². The molecule has 4 rings (SSSR count). The van der Waals surface area contributed by atoms with E-state index in [-0.39, 0.29) is 17.1 Å². The van der Waals surface area contributed by atoms with Crippen LogP contribution in [-0.2, 0) is 19.8 Å². The largest absolute Gasteiger partial charge is 0.493 e. The predicted molar refractivity (Wildman–Crippen MR) is 117 cm³/mol. The number of imidazole rings is 1. The van der Waals surface area contributed by atoms with Gasteiger partial charge in [-0.05, 0) is 42.5 Å². The average Bonchev–Trinajstić information content (AvgIpc) is 3.44. The number of nitrogens with zero attached hydrogens (tertiary/aromatic N) is 4. The number of aryl methyl sites for hydroxylation is 1. The van der Waals surface area contributed by atoms with Gasteiger partial charge < -0.3 is 19.4 Å². The molecule has 0 bridgehead atoms. The van der Waals surface area contributed by atoms with Gasteiger partial charge >= 0.3 is 6.18 Å². The van der Waals surface area contributed by atoms with Crippen molar-refractivity contribution in [3.63, 3.8) is 0 Å². The number of ether oxygens (including phenoxy) is 2. The van der Waals surface area contributed by atoms with Crippen LogP contribution in [0.5, 0.6) is 11.5 Å². The maximum atomic E-state index is 13.0. The first-order valence-corrected chi connectivity index (χ1v) is 10.1. The van der Waals surface area contributed by atoms with Gasteiger partial charge in [0.15, 0.2) is 11.4 Å². The van der Waals surface area contributed by atoms with E-state index >= 15 is 0 Å². The molecule has 0 radical (unpaired) electrons. The molecule has 4 aromatic rings. The first kappa shape index (κ1) is 22.9. The molecule has 1 amide bonds. The summed E-state index contributed by atoms with van der Waals surface area (Å²) in [7, 11) is 3.21. The zero-order valence-electron chi connectivity index (χ0n) is 18.2. The standard InChI is InChI=1S/C23H20F3N5O3/c1-30-11-10-27-20(30)14-34-18-8-6-16(7-9-18)28-22(32)21-19(33-2)13-31(29-21)17-5-3-4-15(12-17)23(24,25)26/h3-13H,14H2,1-2H3,(H,28,32). The highest BCUT2D eigenvalue weighted by Crippen LogP contribution is 2.31. The fraction of sp³-hybridized carbons (Fsp3) is 0.174. The third-order valence-corrected chi connectivity index (χ3v) is 4.95. The van der Waals surface area contributed by atoms with Crippen molar-refractivity contribution in [2.45, 2.75) is 12.8 Å². The summed E-state index contributed by atoms with van der Waals surface area (Å²) in [6, 6.07) is 11.3. The van der Waals surface area contributed by atoms with E-state index in [0.29, 0.717) is 18.0 Å². The smallest absolute Gasteiger partial charge is 0.416 e. The first-order chi connectivity index (χ1) is 16.2. The van der Waals surface area contributed by atoms with Crippen LogP contribution < -0.4 is 14.8 Å². The number of rotatable bonds is 7. The van der Waals surface area contributed by atoms with Crippen LogP contribution in [0.4, 0.5) is 18.9 Å². The van der Waals surface area contributed by atoms with Crippen LogP contribution in [-0.4, -0.2) is 32.3 Å². The third kappa shape index (κ3) is 5.03. The van der Waals surface area contributed by atoms with Crippen molar-refractivity contribution < 1.29 is 27.4 Å². The summed E-state index contributed by atoms with van der Waals surface area (Å²) >= 11 is 0. The molecule has 8 nitrogen and oxygen atoms in total. The Morgan fingerprint density at radius 2 is 1.91 bits per heavy atom. The van der Waals surface area contributed by atoms with E-state index in [1.54, 1.807) is 30.5 Å². The summed E-state index contributed by atoms with van der Waals surface area (Å²) in [6.45, 7) is 0.291. The molecule has 0 spiro atoms. The molecule has 176 valence electrons. The van der Waals surface area contributed by atoms with Crippen LogP contribution in [0.25, 0.3) is 5.69 Å². The summed E-state index contributed by atoms with van der Waals surface area (Å²) in [5, 5.41) is 6.83. The van der Waals surface area contributed by atoms with Crippen molar-refractivity contribution in [2.75, 3.05) is 12.4 Å². The number of benzene rings is 2. The summed E-state index contributed by atoms with van der Waals surface area (Å²) in [5.74, 6) is 0.891. The topological polar surface area (TPSA) is 83.2 Å². The van der Waals surface area contributed by atoms with E-state index in [9.17, 15) is 18.0 Å². The molecule has 0 atom stereocenters. The Morgan fingerprint density at radius 1 is 1.15 bits per heavy atom. The lowest BCUT2D eigenvalue weighted by atomic mass is 10.2. The summed E-state index contributed by atoms with van der Waals surface area (Å²) in [6.07, 6.45) is 0.347. The second-order valence-corrected chi connectivity index (χ2v) is 7.26. The number of halogens is 3. The highest BCUT2D eigenvalue weighted by Gasteiger charge is 2.30. The van der Waals surface area contributed by atoms with Crippen molar-refractivity contribution in [3.05, 3.63) is 84.2 Å². The fourth-order valence-corrected chi connectivity index (χ4v) is 3.13. The molecular formula is C23H20F3N5O3. The van der Waals surface area contributed by atoms with Crippen molar-refractivity contribution in [3.8, 4) is 17.2 Å². The Hall–Kier alpha value is -4.28. The molecule has 0 unspecified atom stereocenters. The minimum Gasteiger partial charge on any atom is -0.493 e. The fourth-order valence-electron chi connectivity index (χ4n) is 3.13. The quantitative estimate of drug-likeness (QED) is 0.430. The number of anilines is 1. The Bertz CT molecular complexity index is 1300. The lowest BCUT2D eigenvalue weighted by Gasteiger charge is -2.09. The van der Waals surface area contributed by atoms with E-state index in [0.717, 1.165) is 22.6 Å². The molecule has 2 heterocycles. The Labute approximate surface area is 192 Å². The van der Waals surface area contributed by atoms with Crippen molar-refractivity contribution in [2.24, 2.45) is 7.05 Å². The van der Waals surface area contributed by atoms with E-state index in [4.69, 9.17) is 9.47 Å². The second-order valence-electron chi connectivity index (χ2n) is 7.26. The van der Waals surface area contributed by atoms with Gasteiger partial charge in [-0.3, -0.25) is 4.79 Å². The number of hydrogen-bond donors (Lipinski definition) is 1. The van der Waals surface area contributed by atoms with Crippen LogP contribution in [0, 0.1) is 0 Å². The predicted octanol–water partition coefficient (Wildman–Crippen LogP) is 4.46. The van der Waals surface area contributed by atoms with E-state index in [1.165, 1.54) is 25.4 Å². The SMILES string of the molecule is COc1cn(-c2cccc(C(F)(F)F)c2)nc1C(=O)Nc1ccc(OCc2nccn2C)cc1. The van der Waals surface area contributed by atoms with Gasteiger partial charge in [-0.1, -0.05) is 6.07 Å². The lowest BCUT2D eigenvalue weighted by Crippen LogP contribution is -2.14. The van der Waals surface area contributed by atoms with Gasteiger partial charge in [0.2, 0.25) is 0 Å². The third-order valence-electron chi connectivity index (χ3n) is 4.95. The molecular weight excluding hydrogens is 451 g/mol. The van der Waals surface area contributed by atoms with Crippen molar-refractivity contribution in [1.82, 2.24) is 19.3 Å². The Kier molecular flexibility index (Phi) is 6.26. The Balaban J connectivity index is 1.47. The first-order valence-electron chi connectivity index (χ1n) is 10.1. The molecule has 0 saturated carbocycles. The number of hydrogen-bond acceptors (Lipinski definition) is 5. The number of nitrogens with one attached hydrogen (secondary N) is 1. The van der Waals surface area contributed by atoms with Gasteiger partial charge in [-0.25, -0.2) is 9.67 Å². The summed E-state index contributed by atoms with van der Waals surface area (Å²) in [4.78, 5) is 17.0. The molecule has 2 aromatic carbocycles. The van der Waals surface area contributed by atoms with Crippen LogP contribution in [0.1, 0.15) is 21.9 Å². The van der Waals surface area contributed by atoms with Gasteiger partial charge in [-0.15, -0.1) is 0 Å². The maximum absolute atomic E-state index is 13.0. The van der Waals surface area contributed by atoms with Gasteiger partial charge in [0.25, 0.3) is 5.91 Å². The van der Waals surface area contributed by atoms with E-state index in [2.05, 4.69) is 15.4 Å². The monoisotopic (exact) mass is 471 g/mol. The molecule has 0 fully saturated rings. The minimum absolute atomic E-state index is 0.0741. The average molecular weight is 471 g/mol. The Morgan fingerprint density at radius 3 is 2.56 bits per heavy atom. The number of amides is 1. The van der Waals surface area contributed by atoms with Gasteiger partial charge in [0.05, 0.1) is 24.6 Å². The van der Waals surface area contributed by atoms with Crippen molar-refractivity contribution in [1.29, 1.82) is 0 Å². The highest BCUT2D eigenvalue weighted by atomic mass is 19.4. The number of aromatic nitrogens is 4. The molecule has 0 aliphatic heterocycles. The van der Waals surface area contributed by atoms with E-state index < -0.39 is 17.6 Å². The summed E-state index contributed by atoms with van der Waals surface area (Å²) in [5.41, 5.74) is -0.280. The second kappa shape index (κ2) is 9.30. The van der Waals surface area contributed by atoms with Gasteiger partial charge in [0.1, 0.15) is 18.2 Å². The zero-order valence-corrected chi connectivity index (χ0v) is 18.2. The molecule has 0 aliphatic carbocycles. The number of alkyl halides is 3. The minimum atomic E-state index is -4.50. The van der Waals surface area contributed by atoms with Gasteiger partial charge in [-0.2, -0.15) is 18.3 Å². The van der Waals surface area contributed by atoms with Gasteiger partial charge in [0, 0.05) is 25.1 Å². The molecule has 11 heteroatoms. The van der Waals surface area contributed by atoms with Crippen LogP contribution in [0.15, 0.2) is 67.1 Å². The zero-order chi connectivity index (χ0) is 24.3.